The Morgan fingerprint density at radius 3 is 2.37 bits per heavy atom. The molecule has 89 valence electrons. The molecule has 0 saturated heterocycles. The van der Waals surface area contributed by atoms with Gasteiger partial charge in [0.15, 0.2) is 0 Å². The van der Waals surface area contributed by atoms with Gasteiger partial charge in [-0.05, 0) is 22.4 Å². The summed E-state index contributed by atoms with van der Waals surface area (Å²) in [4.78, 5) is 0. The first-order chi connectivity index (χ1) is 9.43. The lowest BCUT2D eigenvalue weighted by Crippen LogP contribution is -1.79. The molecule has 0 atom stereocenters. The van der Waals surface area contributed by atoms with Gasteiger partial charge in [-0.3, -0.25) is 0 Å². The summed E-state index contributed by atoms with van der Waals surface area (Å²) in [6.07, 6.45) is 0. The second-order valence-corrected chi connectivity index (χ2v) is 5.45. The lowest BCUT2D eigenvalue weighted by atomic mass is 9.98. The summed E-state index contributed by atoms with van der Waals surface area (Å²) in [5.41, 5.74) is 2.49. The molecule has 0 nitrogen and oxygen atoms in total. The molecule has 0 saturated carbocycles. The van der Waals surface area contributed by atoms with Gasteiger partial charge in [0.2, 0.25) is 0 Å². The molecule has 4 aromatic rings. The van der Waals surface area contributed by atoms with Crippen LogP contribution in [-0.4, -0.2) is 0 Å². The van der Waals surface area contributed by atoms with Gasteiger partial charge in [-0.2, -0.15) is 0 Å². The first-order valence-electron chi connectivity index (χ1n) is 6.31. The van der Waals surface area contributed by atoms with Crippen LogP contribution in [0.2, 0.25) is 0 Å². The number of fused-ring (bicyclic) bond motifs is 2. The van der Waals surface area contributed by atoms with Crippen LogP contribution in [0.15, 0.2) is 66.7 Å². The molecule has 0 aliphatic carbocycles. The number of hydrogen-bond acceptors (Lipinski definition) is 1. The summed E-state index contributed by atoms with van der Waals surface area (Å²) >= 11 is 1.69. The molecule has 0 unspecified atom stereocenters. The Labute approximate surface area is 115 Å². The fraction of sp³-hybridized carbons (Fsp3) is 0. The Kier molecular flexibility index (Phi) is 2.39. The Bertz CT molecular complexity index is 866. The van der Waals surface area contributed by atoms with Crippen molar-refractivity contribution in [2.24, 2.45) is 0 Å². The number of rotatable bonds is 1. The third-order valence-electron chi connectivity index (χ3n) is 3.48. The lowest BCUT2D eigenvalue weighted by Gasteiger charge is -2.05. The van der Waals surface area contributed by atoms with Crippen molar-refractivity contribution in [3.8, 4) is 11.1 Å². The van der Waals surface area contributed by atoms with Crippen molar-refractivity contribution in [3.05, 3.63) is 72.1 Å². The molecule has 0 bridgehead atoms. The van der Waals surface area contributed by atoms with Gasteiger partial charge >= 0.3 is 0 Å². The van der Waals surface area contributed by atoms with Crippen LogP contribution in [0.5, 0.6) is 0 Å². The van der Waals surface area contributed by atoms with E-state index in [2.05, 4.69) is 72.1 Å². The van der Waals surface area contributed by atoms with Gasteiger partial charge in [0.25, 0.3) is 0 Å². The predicted octanol–water partition coefficient (Wildman–Crippen LogP) is 5.52. The zero-order valence-corrected chi connectivity index (χ0v) is 11.1. The largest absolute Gasteiger partial charge is 0.134 e. The van der Waals surface area contributed by atoms with E-state index in [1.807, 2.05) is 0 Å². The zero-order valence-electron chi connectivity index (χ0n) is 10.3. The summed E-state index contributed by atoms with van der Waals surface area (Å²) in [6.45, 7) is 0. The van der Waals surface area contributed by atoms with Crippen molar-refractivity contribution in [2.45, 2.75) is 0 Å². The van der Waals surface area contributed by atoms with Crippen LogP contribution in [0.25, 0.3) is 32.0 Å². The van der Waals surface area contributed by atoms with E-state index in [-0.39, 0.29) is 0 Å². The third-order valence-corrected chi connectivity index (χ3v) is 4.36. The Morgan fingerprint density at radius 1 is 0.684 bits per heavy atom. The maximum absolute atomic E-state index is 3.46. The zero-order chi connectivity index (χ0) is 12.7. The first-order valence-corrected chi connectivity index (χ1v) is 7.12. The van der Waals surface area contributed by atoms with Gasteiger partial charge in [0.1, 0.15) is 0 Å². The molecule has 1 heterocycles. The standard InChI is InChI=1S/C18H11S/c1-2-8-14-13(6-1)7-5-10-15(14)17-12-19-18-11-4-3-9-16(17)18/h1-11H. The quantitative estimate of drug-likeness (QED) is 0.422. The van der Waals surface area contributed by atoms with Gasteiger partial charge in [-0.15, -0.1) is 11.3 Å². The molecule has 0 spiro atoms. The van der Waals surface area contributed by atoms with Crippen molar-refractivity contribution in [1.29, 1.82) is 0 Å². The molecular weight excluding hydrogens is 248 g/mol. The normalized spacial score (nSPS) is 11.2. The van der Waals surface area contributed by atoms with Crippen molar-refractivity contribution >= 4 is 32.2 Å². The van der Waals surface area contributed by atoms with Crippen LogP contribution in [0.1, 0.15) is 0 Å². The van der Waals surface area contributed by atoms with Gasteiger partial charge in [0.05, 0.1) is 5.38 Å². The summed E-state index contributed by atoms with van der Waals surface area (Å²) in [5, 5.41) is 7.34. The van der Waals surface area contributed by atoms with Gasteiger partial charge in [-0.25, -0.2) is 0 Å². The third kappa shape index (κ3) is 1.66. The lowest BCUT2D eigenvalue weighted by molar-refractivity contribution is 1.72. The molecule has 0 fully saturated rings. The van der Waals surface area contributed by atoms with E-state index in [0.717, 1.165) is 0 Å². The molecule has 19 heavy (non-hydrogen) atoms. The van der Waals surface area contributed by atoms with Crippen molar-refractivity contribution < 1.29 is 0 Å². The monoisotopic (exact) mass is 259 g/mol. The van der Waals surface area contributed by atoms with Crippen LogP contribution >= 0.6 is 11.3 Å². The maximum atomic E-state index is 3.46. The van der Waals surface area contributed by atoms with E-state index >= 15 is 0 Å². The van der Waals surface area contributed by atoms with Crippen LogP contribution in [0.4, 0.5) is 0 Å². The van der Waals surface area contributed by atoms with E-state index < -0.39 is 0 Å². The molecular formula is C18H11S. The fourth-order valence-electron chi connectivity index (χ4n) is 2.57. The minimum Gasteiger partial charge on any atom is -0.134 e. The first kappa shape index (κ1) is 10.8. The maximum Gasteiger partial charge on any atom is 0.0540 e. The van der Waals surface area contributed by atoms with E-state index in [0.29, 0.717) is 0 Å². The minimum absolute atomic E-state index is 1.22. The minimum atomic E-state index is 1.22. The SMILES string of the molecule is [c]1sc2ccccc2c1-c1cccc2ccccc12. The molecule has 1 aromatic heterocycles. The van der Waals surface area contributed by atoms with Gasteiger partial charge < -0.3 is 0 Å². The highest BCUT2D eigenvalue weighted by Gasteiger charge is 2.09. The number of hydrogen-bond donors (Lipinski definition) is 0. The van der Waals surface area contributed by atoms with Crippen molar-refractivity contribution in [1.82, 2.24) is 0 Å². The molecule has 3 aromatic carbocycles. The highest BCUT2D eigenvalue weighted by Crippen LogP contribution is 2.36. The van der Waals surface area contributed by atoms with E-state index in [9.17, 15) is 0 Å². The van der Waals surface area contributed by atoms with Crippen LogP contribution < -0.4 is 0 Å². The second-order valence-electron chi connectivity index (χ2n) is 4.60. The average molecular weight is 259 g/mol. The Morgan fingerprint density at radius 2 is 1.42 bits per heavy atom. The molecule has 1 heteroatoms. The van der Waals surface area contributed by atoms with Gasteiger partial charge in [-0.1, -0.05) is 60.7 Å². The highest BCUT2D eigenvalue weighted by molar-refractivity contribution is 7.17. The molecule has 4 rings (SSSR count). The predicted molar refractivity (Wildman–Crippen MR) is 83.6 cm³/mol. The highest BCUT2D eigenvalue weighted by atomic mass is 32.1. The topological polar surface area (TPSA) is 0 Å². The van der Waals surface area contributed by atoms with Crippen molar-refractivity contribution in [3.63, 3.8) is 0 Å². The van der Waals surface area contributed by atoms with Crippen molar-refractivity contribution in [2.75, 3.05) is 0 Å². The number of thiophene rings is 1. The van der Waals surface area contributed by atoms with Crippen LogP contribution in [0, 0.1) is 5.38 Å². The summed E-state index contributed by atoms with van der Waals surface area (Å²) in [7, 11) is 0. The molecule has 0 N–H and O–H groups in total. The van der Waals surface area contributed by atoms with Gasteiger partial charge in [0, 0.05) is 15.6 Å². The smallest absolute Gasteiger partial charge is 0.0540 e. The fourth-order valence-corrected chi connectivity index (χ4v) is 3.43. The van der Waals surface area contributed by atoms with Crippen LogP contribution in [-0.2, 0) is 0 Å². The summed E-state index contributed by atoms with van der Waals surface area (Å²) < 4.78 is 1.30. The van der Waals surface area contributed by atoms with E-state index in [1.54, 1.807) is 11.3 Å². The molecule has 1 radical (unpaired) electrons. The van der Waals surface area contributed by atoms with E-state index in [1.165, 1.54) is 32.0 Å². The Hall–Kier alpha value is -2.12. The molecule has 0 aliphatic heterocycles. The molecule has 0 amide bonds. The average Bonchev–Trinajstić information content (AvgIpc) is 2.90. The molecule has 0 aliphatic rings. The Balaban J connectivity index is 2.10. The summed E-state index contributed by atoms with van der Waals surface area (Å²) in [6, 6.07) is 23.5. The summed E-state index contributed by atoms with van der Waals surface area (Å²) in [5.74, 6) is 0. The van der Waals surface area contributed by atoms with Crippen LogP contribution in [0.3, 0.4) is 0 Å². The number of benzene rings is 3. The van der Waals surface area contributed by atoms with E-state index in [4.69, 9.17) is 0 Å². The second kappa shape index (κ2) is 4.22.